The predicted octanol–water partition coefficient (Wildman–Crippen LogP) is 4.26. The summed E-state index contributed by atoms with van der Waals surface area (Å²) >= 11 is 0. The van der Waals surface area contributed by atoms with E-state index in [0.29, 0.717) is 11.1 Å². The van der Waals surface area contributed by atoms with E-state index < -0.39 is 108 Å². The van der Waals surface area contributed by atoms with E-state index in [1.807, 2.05) is 0 Å². The Morgan fingerprint density at radius 2 is 0.966 bits per heavy atom. The molecule has 2 aromatic rings. The first-order chi connectivity index (χ1) is 27.3. The molecule has 0 fully saturated rings. The molecule has 0 bridgehead atoms. The van der Waals surface area contributed by atoms with Gasteiger partial charge < -0.3 is 41.9 Å². The number of hydrogen-bond donors (Lipinski definition) is 7. The Hall–Kier alpha value is -4.75. The monoisotopic (exact) mass is 842 g/mol. The van der Waals surface area contributed by atoms with Crippen LogP contribution in [0.5, 0.6) is 0 Å². The molecule has 7 atom stereocenters. The number of carbonyl (C=O) groups is 6. The van der Waals surface area contributed by atoms with Gasteiger partial charge in [0.05, 0.1) is 5.92 Å². The Labute approximate surface area is 349 Å². The number of ether oxygens (including phenoxy) is 1. The van der Waals surface area contributed by atoms with Crippen molar-refractivity contribution in [2.24, 2.45) is 35.3 Å². The molecule has 0 saturated carbocycles. The number of rotatable bonds is 21. The molecule has 0 spiro atoms. The molecule has 59 heavy (non-hydrogen) atoms. The molecule has 15 nitrogen and oxygen atoms in total. The molecule has 0 radical (unpaired) electrons. The quantitative estimate of drug-likeness (QED) is 0.0889. The molecule has 2 rings (SSSR count). The number of carbonyl (C=O) groups excluding carboxylic acids is 6. The molecular formula is C43H67N6O9P. The van der Waals surface area contributed by atoms with Crippen LogP contribution >= 0.6 is 7.37 Å². The zero-order valence-electron chi connectivity index (χ0n) is 36.4. The first-order valence-electron chi connectivity index (χ1n) is 20.2. The van der Waals surface area contributed by atoms with Crippen LogP contribution in [0.1, 0.15) is 87.3 Å². The summed E-state index contributed by atoms with van der Waals surface area (Å²) in [5.41, 5.74) is 6.04. The number of nitrogens with one attached hydrogen (secondary N) is 5. The van der Waals surface area contributed by atoms with Crippen LogP contribution < -0.4 is 32.3 Å². The summed E-state index contributed by atoms with van der Waals surface area (Å²) in [6, 6.07) is 13.3. The number of nitrogens with two attached hydrogens (primary N) is 1. The maximum Gasteiger partial charge on any atom is 0.408 e. The van der Waals surface area contributed by atoms with Crippen molar-refractivity contribution >= 4 is 43.0 Å². The number of hydrogen-bond acceptors (Lipinski definition) is 8. The van der Waals surface area contributed by atoms with E-state index in [-0.39, 0.29) is 18.8 Å². The minimum atomic E-state index is -4.53. The van der Waals surface area contributed by atoms with Crippen molar-refractivity contribution in [2.45, 2.75) is 125 Å². The van der Waals surface area contributed by atoms with Gasteiger partial charge in [-0.3, -0.25) is 28.5 Å². The summed E-state index contributed by atoms with van der Waals surface area (Å²) in [5, 5.41) is 13.4. The minimum absolute atomic E-state index is 0.0253. The zero-order valence-corrected chi connectivity index (χ0v) is 37.3. The Morgan fingerprint density at radius 1 is 0.593 bits per heavy atom. The standard InChI is InChI=1S/C43H67N6O9P/c1-25(2)33(37(44)50)46-40(53)35(27(5)6)47-38(51)31(22-29-18-14-12-15-19-29)24-59(56,57)32(23-30-20-16-13-17-21-30)45-39(52)34(26(3)4)48-41(54)36(28(7)8)49-42(55)58-43(9,10)11/h12-21,25-28,31-36H,22-24H2,1-11H3,(H2,44,50)(H,45,52)(H,46,53)(H,47,51)(H,48,54)(H,49,55)(H,56,57)/t31?,32?,33-,34-,35-,36-/m0/s1. The van der Waals surface area contributed by atoms with E-state index >= 15 is 0 Å². The SMILES string of the molecule is CC(C)[C@H](NC(=O)[C@@H](NC(=O)C(Cc1ccccc1)CP(=O)(O)C(Cc1ccccc1)NC(=O)[C@@H](NC(=O)[C@@H](NC(=O)OC(C)(C)C)C(C)C)C(C)C)C(C)C)C(N)=O. The summed E-state index contributed by atoms with van der Waals surface area (Å²) in [6.45, 7) is 18.8. The number of primary amides is 1. The van der Waals surface area contributed by atoms with Gasteiger partial charge >= 0.3 is 6.09 Å². The van der Waals surface area contributed by atoms with Gasteiger partial charge in [-0.1, -0.05) is 116 Å². The maximum atomic E-state index is 14.7. The van der Waals surface area contributed by atoms with Crippen LogP contribution in [-0.2, 0) is 46.1 Å². The Kier molecular flexibility index (Phi) is 19.3. The van der Waals surface area contributed by atoms with Gasteiger partial charge in [0, 0.05) is 12.6 Å². The fourth-order valence-electron chi connectivity index (χ4n) is 6.33. The molecule has 0 aliphatic rings. The van der Waals surface area contributed by atoms with Crippen LogP contribution in [0, 0.1) is 29.6 Å². The van der Waals surface area contributed by atoms with Gasteiger partial charge in [0.15, 0.2) is 0 Å². The molecule has 16 heteroatoms. The van der Waals surface area contributed by atoms with Crippen LogP contribution in [0.3, 0.4) is 0 Å². The lowest BCUT2D eigenvalue weighted by Crippen LogP contribution is -2.58. The Morgan fingerprint density at radius 3 is 1.37 bits per heavy atom. The smallest absolute Gasteiger partial charge is 0.408 e. The van der Waals surface area contributed by atoms with Gasteiger partial charge in [-0.2, -0.15) is 0 Å². The fourth-order valence-corrected chi connectivity index (χ4v) is 8.34. The third kappa shape index (κ3) is 16.8. The van der Waals surface area contributed by atoms with Crippen LogP contribution in [0.25, 0.3) is 0 Å². The van der Waals surface area contributed by atoms with Crippen molar-refractivity contribution in [3.05, 3.63) is 71.8 Å². The number of alkyl carbamates (subject to hydrolysis) is 1. The summed E-state index contributed by atoms with van der Waals surface area (Å²) in [4.78, 5) is 92.1. The maximum absolute atomic E-state index is 14.7. The minimum Gasteiger partial charge on any atom is -0.444 e. The molecule has 0 aliphatic heterocycles. The van der Waals surface area contributed by atoms with Crippen molar-refractivity contribution in [3.8, 4) is 0 Å². The van der Waals surface area contributed by atoms with Gasteiger partial charge in [-0.25, -0.2) is 4.79 Å². The lowest BCUT2D eigenvalue weighted by Gasteiger charge is -2.32. The zero-order chi connectivity index (χ0) is 44.8. The summed E-state index contributed by atoms with van der Waals surface area (Å²) in [7, 11) is -4.53. The van der Waals surface area contributed by atoms with E-state index in [1.54, 1.807) is 137 Å². The highest BCUT2D eigenvalue weighted by Crippen LogP contribution is 2.48. The molecule has 6 amide bonds. The van der Waals surface area contributed by atoms with E-state index in [0.717, 1.165) is 0 Å². The number of amides is 6. The van der Waals surface area contributed by atoms with Crippen molar-refractivity contribution < 1.29 is 43.0 Å². The van der Waals surface area contributed by atoms with E-state index in [1.165, 1.54) is 0 Å². The third-order valence-electron chi connectivity index (χ3n) is 9.63. The van der Waals surface area contributed by atoms with Crippen LogP contribution in [0.2, 0.25) is 0 Å². The molecular weight excluding hydrogens is 775 g/mol. The van der Waals surface area contributed by atoms with Crippen molar-refractivity contribution in [1.29, 1.82) is 0 Å². The van der Waals surface area contributed by atoms with Crippen molar-refractivity contribution in [3.63, 3.8) is 0 Å². The molecule has 0 saturated heterocycles. The van der Waals surface area contributed by atoms with Crippen molar-refractivity contribution in [2.75, 3.05) is 6.16 Å². The third-order valence-corrected chi connectivity index (χ3v) is 11.9. The van der Waals surface area contributed by atoms with Gasteiger partial charge in [0.2, 0.25) is 36.9 Å². The Balaban J connectivity index is 2.51. The largest absolute Gasteiger partial charge is 0.444 e. The van der Waals surface area contributed by atoms with Crippen LogP contribution in [0.15, 0.2) is 60.7 Å². The van der Waals surface area contributed by atoms with Gasteiger partial charge in [0.1, 0.15) is 35.6 Å². The highest BCUT2D eigenvalue weighted by atomic mass is 31.2. The normalized spacial score (nSPS) is 15.9. The fraction of sp³-hybridized carbons (Fsp3) is 0.581. The van der Waals surface area contributed by atoms with E-state index in [4.69, 9.17) is 10.5 Å². The summed E-state index contributed by atoms with van der Waals surface area (Å²) < 4.78 is 20.1. The van der Waals surface area contributed by atoms with E-state index in [2.05, 4.69) is 26.6 Å². The molecule has 328 valence electrons. The summed E-state index contributed by atoms with van der Waals surface area (Å²) in [6.07, 6.45) is -1.45. The van der Waals surface area contributed by atoms with Crippen LogP contribution in [0.4, 0.5) is 4.79 Å². The van der Waals surface area contributed by atoms with Gasteiger partial charge in [-0.05, 0) is 62.0 Å². The first-order valence-corrected chi connectivity index (χ1v) is 22.1. The molecule has 3 unspecified atom stereocenters. The van der Waals surface area contributed by atoms with Gasteiger partial charge in [-0.15, -0.1) is 0 Å². The predicted molar refractivity (Wildman–Crippen MR) is 228 cm³/mol. The van der Waals surface area contributed by atoms with Crippen LogP contribution in [-0.4, -0.2) is 82.2 Å². The Bertz CT molecular complexity index is 1770. The lowest BCUT2D eigenvalue weighted by molar-refractivity contribution is -0.133. The second-order valence-corrected chi connectivity index (χ2v) is 20.0. The van der Waals surface area contributed by atoms with Gasteiger partial charge in [0.25, 0.3) is 0 Å². The highest BCUT2D eigenvalue weighted by Gasteiger charge is 2.41. The van der Waals surface area contributed by atoms with Crippen molar-refractivity contribution in [1.82, 2.24) is 26.6 Å². The number of benzene rings is 2. The summed E-state index contributed by atoms with van der Waals surface area (Å²) in [5.74, 6) is -7.63. The average Bonchev–Trinajstić information content (AvgIpc) is 3.12. The average molecular weight is 843 g/mol. The molecule has 8 N–H and O–H groups in total. The van der Waals surface area contributed by atoms with E-state index in [9.17, 15) is 38.2 Å². The highest BCUT2D eigenvalue weighted by molar-refractivity contribution is 7.58. The molecule has 2 aromatic carbocycles. The first kappa shape index (κ1) is 50.4. The second kappa shape index (κ2) is 22.6. The molecule has 0 heterocycles. The second-order valence-electron chi connectivity index (χ2n) is 17.5. The lowest BCUT2D eigenvalue weighted by atomic mass is 9.97. The molecule has 0 aliphatic carbocycles. The molecule has 0 aromatic heterocycles. The topological polar surface area (TPSA) is 235 Å².